The highest BCUT2D eigenvalue weighted by molar-refractivity contribution is 7.89. The summed E-state index contributed by atoms with van der Waals surface area (Å²) < 4.78 is 26.2. The van der Waals surface area contributed by atoms with Crippen LogP contribution in [0.25, 0.3) is 10.9 Å². The summed E-state index contributed by atoms with van der Waals surface area (Å²) >= 11 is 0. The summed E-state index contributed by atoms with van der Waals surface area (Å²) in [5.41, 5.74) is 5.80. The molecule has 110 valence electrons. The average Bonchev–Trinajstić information content (AvgIpc) is 2.69. The lowest BCUT2D eigenvalue weighted by Gasteiger charge is -2.24. The number of benzene rings is 1. The van der Waals surface area contributed by atoms with Crippen molar-refractivity contribution in [1.82, 2.24) is 9.29 Å². The summed E-state index contributed by atoms with van der Waals surface area (Å²) in [6.45, 7) is 3.14. The van der Waals surface area contributed by atoms with Gasteiger partial charge in [0.15, 0.2) is 0 Å². The number of nitrogen functional groups attached to an aromatic ring is 1. The van der Waals surface area contributed by atoms with Gasteiger partial charge in [-0.05, 0) is 32.0 Å². The van der Waals surface area contributed by atoms with E-state index in [1.54, 1.807) is 32.0 Å². The number of aliphatic hydroxyl groups is 1. The fraction of sp³-hybridized carbons (Fsp3) is 0.385. The largest absolute Gasteiger partial charge is 0.399 e. The number of H-pyrrole nitrogens is 1. The fourth-order valence-corrected chi connectivity index (χ4v) is 3.61. The van der Waals surface area contributed by atoms with Gasteiger partial charge in [-0.3, -0.25) is 0 Å². The molecule has 7 heteroatoms. The first-order valence-corrected chi connectivity index (χ1v) is 7.60. The fourth-order valence-electron chi connectivity index (χ4n) is 2.13. The van der Waals surface area contributed by atoms with Crippen molar-refractivity contribution in [3.63, 3.8) is 0 Å². The first kappa shape index (κ1) is 14.8. The van der Waals surface area contributed by atoms with E-state index in [1.165, 1.54) is 13.2 Å². The molecule has 0 saturated heterocycles. The Bertz CT molecular complexity index is 729. The van der Waals surface area contributed by atoms with Gasteiger partial charge in [0.25, 0.3) is 0 Å². The third kappa shape index (κ3) is 2.79. The van der Waals surface area contributed by atoms with Crippen LogP contribution in [0.5, 0.6) is 0 Å². The molecule has 0 fully saturated rings. The van der Waals surface area contributed by atoms with Gasteiger partial charge in [0.2, 0.25) is 10.0 Å². The summed E-state index contributed by atoms with van der Waals surface area (Å²) in [6, 6.07) is 5.02. The molecule has 20 heavy (non-hydrogen) atoms. The van der Waals surface area contributed by atoms with Crippen molar-refractivity contribution in [3.8, 4) is 0 Å². The first-order chi connectivity index (χ1) is 9.11. The van der Waals surface area contributed by atoms with E-state index in [4.69, 9.17) is 5.73 Å². The third-order valence-electron chi connectivity index (χ3n) is 2.97. The highest BCUT2D eigenvalue weighted by atomic mass is 32.2. The smallest absolute Gasteiger partial charge is 0.245 e. The number of anilines is 1. The zero-order chi connectivity index (χ0) is 15.1. The Hall–Kier alpha value is -1.57. The van der Waals surface area contributed by atoms with E-state index in [2.05, 4.69) is 4.98 Å². The summed E-state index contributed by atoms with van der Waals surface area (Å²) in [4.78, 5) is 3.08. The van der Waals surface area contributed by atoms with Crippen molar-refractivity contribution < 1.29 is 13.5 Å². The van der Waals surface area contributed by atoms with Gasteiger partial charge in [0.1, 0.15) is 4.90 Å². The topological polar surface area (TPSA) is 99.4 Å². The Labute approximate surface area is 118 Å². The molecular formula is C13H19N3O3S. The van der Waals surface area contributed by atoms with E-state index in [-0.39, 0.29) is 11.4 Å². The number of hydrogen-bond acceptors (Lipinski definition) is 4. The van der Waals surface area contributed by atoms with Gasteiger partial charge in [-0.25, -0.2) is 8.42 Å². The van der Waals surface area contributed by atoms with E-state index < -0.39 is 15.6 Å². The Morgan fingerprint density at radius 1 is 1.40 bits per heavy atom. The number of aromatic nitrogens is 1. The molecule has 0 unspecified atom stereocenters. The predicted octanol–water partition coefficient (Wildman–Crippen LogP) is 1.14. The third-order valence-corrected chi connectivity index (χ3v) is 4.81. The second-order valence-corrected chi connectivity index (χ2v) is 7.54. The molecule has 2 aromatic rings. The molecule has 0 spiro atoms. The van der Waals surface area contributed by atoms with Crippen LogP contribution in [0.2, 0.25) is 0 Å². The van der Waals surface area contributed by atoms with Crippen molar-refractivity contribution in [1.29, 1.82) is 0 Å². The molecule has 0 atom stereocenters. The summed E-state index contributed by atoms with van der Waals surface area (Å²) in [5, 5.41) is 10.4. The Kier molecular flexibility index (Phi) is 3.53. The molecule has 0 aliphatic heterocycles. The number of sulfonamides is 1. The molecule has 0 saturated carbocycles. The molecule has 1 aromatic heterocycles. The van der Waals surface area contributed by atoms with E-state index in [0.29, 0.717) is 16.6 Å². The second-order valence-electron chi connectivity index (χ2n) is 5.53. The standard InChI is InChI=1S/C13H19N3O3S/c1-13(2,17)8-16(3)20(18,19)12-7-15-11-6-9(14)4-5-10(11)12/h4-7,15,17H,8,14H2,1-3H3. The van der Waals surface area contributed by atoms with Gasteiger partial charge in [0, 0.05) is 36.4 Å². The van der Waals surface area contributed by atoms with Crippen LogP contribution in [0.1, 0.15) is 13.8 Å². The lowest BCUT2D eigenvalue weighted by Crippen LogP contribution is -2.39. The molecule has 0 aliphatic carbocycles. The number of rotatable bonds is 4. The number of fused-ring (bicyclic) bond motifs is 1. The van der Waals surface area contributed by atoms with Crippen molar-refractivity contribution >= 4 is 26.6 Å². The molecule has 1 aromatic carbocycles. The van der Waals surface area contributed by atoms with Crippen LogP contribution in [0.15, 0.2) is 29.3 Å². The van der Waals surface area contributed by atoms with Crippen LogP contribution >= 0.6 is 0 Å². The molecule has 2 rings (SSSR count). The molecule has 4 N–H and O–H groups in total. The number of nitrogens with one attached hydrogen (secondary N) is 1. The zero-order valence-electron chi connectivity index (χ0n) is 11.7. The van der Waals surface area contributed by atoms with Gasteiger partial charge in [-0.15, -0.1) is 0 Å². The quantitative estimate of drug-likeness (QED) is 0.737. The number of nitrogens with two attached hydrogens (primary N) is 1. The van der Waals surface area contributed by atoms with Gasteiger partial charge in [0.05, 0.1) is 5.60 Å². The predicted molar refractivity (Wildman–Crippen MR) is 78.8 cm³/mol. The molecule has 6 nitrogen and oxygen atoms in total. The van der Waals surface area contributed by atoms with Gasteiger partial charge < -0.3 is 15.8 Å². The average molecular weight is 297 g/mol. The second kappa shape index (κ2) is 4.76. The van der Waals surface area contributed by atoms with Gasteiger partial charge in [-0.1, -0.05) is 0 Å². The van der Waals surface area contributed by atoms with Gasteiger partial charge >= 0.3 is 0 Å². The number of aromatic amines is 1. The highest BCUT2D eigenvalue weighted by Crippen LogP contribution is 2.27. The SMILES string of the molecule is CN(CC(C)(C)O)S(=O)(=O)c1c[nH]c2cc(N)ccc12. The molecule has 0 aliphatic rings. The minimum absolute atomic E-state index is 0.0109. The molecular weight excluding hydrogens is 278 g/mol. The zero-order valence-corrected chi connectivity index (χ0v) is 12.5. The Morgan fingerprint density at radius 2 is 2.05 bits per heavy atom. The van der Waals surface area contributed by atoms with Crippen LogP contribution in [0, 0.1) is 0 Å². The summed E-state index contributed by atoms with van der Waals surface area (Å²) in [7, 11) is -2.22. The lowest BCUT2D eigenvalue weighted by molar-refractivity contribution is 0.0640. The lowest BCUT2D eigenvalue weighted by atomic mass is 10.1. The van der Waals surface area contributed by atoms with E-state index in [1.807, 2.05) is 0 Å². The number of nitrogens with zero attached hydrogens (tertiary/aromatic N) is 1. The Balaban J connectivity index is 2.47. The van der Waals surface area contributed by atoms with Crippen molar-refractivity contribution in [2.75, 3.05) is 19.3 Å². The summed E-state index contributed by atoms with van der Waals surface area (Å²) in [6.07, 6.45) is 1.44. The maximum Gasteiger partial charge on any atom is 0.245 e. The maximum atomic E-state index is 12.5. The van der Waals surface area contributed by atoms with Crippen LogP contribution in [0.4, 0.5) is 5.69 Å². The minimum atomic E-state index is -3.67. The monoisotopic (exact) mass is 297 g/mol. The van der Waals surface area contributed by atoms with Crippen LogP contribution in [-0.2, 0) is 10.0 Å². The molecule has 0 radical (unpaired) electrons. The highest BCUT2D eigenvalue weighted by Gasteiger charge is 2.28. The first-order valence-electron chi connectivity index (χ1n) is 6.16. The van der Waals surface area contributed by atoms with E-state index in [0.717, 1.165) is 4.31 Å². The van der Waals surface area contributed by atoms with Crippen LogP contribution in [-0.4, -0.2) is 42.0 Å². The normalized spacial score (nSPS) is 13.2. The number of likely N-dealkylation sites (N-methyl/N-ethyl adjacent to an activating group) is 1. The van der Waals surface area contributed by atoms with Crippen LogP contribution in [0.3, 0.4) is 0 Å². The molecule has 0 bridgehead atoms. The maximum absolute atomic E-state index is 12.5. The minimum Gasteiger partial charge on any atom is -0.399 e. The van der Waals surface area contributed by atoms with Crippen molar-refractivity contribution in [2.45, 2.75) is 24.3 Å². The van der Waals surface area contributed by atoms with Gasteiger partial charge in [-0.2, -0.15) is 4.31 Å². The van der Waals surface area contributed by atoms with E-state index in [9.17, 15) is 13.5 Å². The molecule has 0 amide bonds. The van der Waals surface area contributed by atoms with Crippen LogP contribution < -0.4 is 5.73 Å². The van der Waals surface area contributed by atoms with E-state index >= 15 is 0 Å². The van der Waals surface area contributed by atoms with Crippen molar-refractivity contribution in [3.05, 3.63) is 24.4 Å². The molecule has 1 heterocycles. The Morgan fingerprint density at radius 3 is 2.65 bits per heavy atom. The van der Waals surface area contributed by atoms with Crippen molar-refractivity contribution in [2.24, 2.45) is 0 Å². The summed E-state index contributed by atoms with van der Waals surface area (Å²) in [5.74, 6) is 0. The number of hydrogen-bond donors (Lipinski definition) is 3.